The van der Waals surface area contributed by atoms with E-state index in [1.54, 1.807) is 14.1 Å². The predicted molar refractivity (Wildman–Crippen MR) is 70.7 cm³/mol. The minimum Gasteiger partial charge on any atom is -0.424 e. The van der Waals surface area contributed by atoms with Crippen LogP contribution in [0.15, 0.2) is 24.3 Å². The second-order valence-corrected chi connectivity index (χ2v) is 4.52. The lowest BCUT2D eigenvalue weighted by atomic mass is 10.2. The smallest absolute Gasteiger partial charge is 0.419 e. The number of alkyl halides is 3. The van der Waals surface area contributed by atoms with Gasteiger partial charge in [0.05, 0.1) is 5.56 Å². The fourth-order valence-corrected chi connectivity index (χ4v) is 1.60. The van der Waals surface area contributed by atoms with Gasteiger partial charge < -0.3 is 9.64 Å². The topological polar surface area (TPSA) is 51.1 Å². The molecule has 0 aliphatic heterocycles. The van der Waals surface area contributed by atoms with E-state index in [4.69, 9.17) is 16.3 Å². The molecule has 0 atom stereocenters. The van der Waals surface area contributed by atoms with Crippen molar-refractivity contribution in [2.75, 3.05) is 19.0 Å². The van der Waals surface area contributed by atoms with Crippen LogP contribution in [0.4, 0.5) is 19.1 Å². The molecule has 21 heavy (non-hydrogen) atoms. The van der Waals surface area contributed by atoms with Crippen LogP contribution in [0, 0.1) is 0 Å². The Labute approximate surface area is 123 Å². The zero-order valence-corrected chi connectivity index (χ0v) is 11.8. The van der Waals surface area contributed by atoms with Crippen molar-refractivity contribution in [3.8, 4) is 11.8 Å². The highest BCUT2D eigenvalue weighted by molar-refractivity contribution is 6.28. The van der Waals surface area contributed by atoms with Gasteiger partial charge in [-0.2, -0.15) is 28.1 Å². The number of hydrogen-bond acceptors (Lipinski definition) is 5. The zero-order valence-electron chi connectivity index (χ0n) is 11.0. The van der Waals surface area contributed by atoms with Crippen molar-refractivity contribution >= 4 is 17.5 Å². The average Bonchev–Trinajstić information content (AvgIpc) is 2.37. The number of halogens is 4. The molecule has 0 fully saturated rings. The summed E-state index contributed by atoms with van der Waals surface area (Å²) >= 11 is 5.70. The molecule has 5 nitrogen and oxygen atoms in total. The molecule has 0 bridgehead atoms. The van der Waals surface area contributed by atoms with Crippen LogP contribution < -0.4 is 9.64 Å². The van der Waals surface area contributed by atoms with Crippen molar-refractivity contribution in [3.63, 3.8) is 0 Å². The van der Waals surface area contributed by atoms with E-state index in [9.17, 15) is 13.2 Å². The van der Waals surface area contributed by atoms with Crippen molar-refractivity contribution in [2.45, 2.75) is 6.18 Å². The maximum atomic E-state index is 12.9. The van der Waals surface area contributed by atoms with Gasteiger partial charge in [0.25, 0.3) is 0 Å². The SMILES string of the molecule is CN(C)c1nc(Cl)nc(Oc2ccccc2C(F)(F)F)n1. The van der Waals surface area contributed by atoms with Gasteiger partial charge in [0, 0.05) is 14.1 Å². The number of benzene rings is 1. The van der Waals surface area contributed by atoms with Crippen molar-refractivity contribution in [3.05, 3.63) is 35.1 Å². The second kappa shape index (κ2) is 5.72. The van der Waals surface area contributed by atoms with Gasteiger partial charge in [-0.1, -0.05) is 12.1 Å². The zero-order chi connectivity index (χ0) is 15.6. The Kier molecular flexibility index (Phi) is 4.17. The van der Waals surface area contributed by atoms with Crippen molar-refractivity contribution in [2.24, 2.45) is 0 Å². The van der Waals surface area contributed by atoms with Gasteiger partial charge in [0.15, 0.2) is 0 Å². The average molecular weight is 319 g/mol. The Bertz CT molecular complexity index is 649. The summed E-state index contributed by atoms with van der Waals surface area (Å²) in [4.78, 5) is 12.9. The molecule has 112 valence electrons. The van der Waals surface area contributed by atoms with Crippen LogP contribution in [-0.4, -0.2) is 29.0 Å². The van der Waals surface area contributed by atoms with E-state index in [-0.39, 0.29) is 17.2 Å². The van der Waals surface area contributed by atoms with E-state index >= 15 is 0 Å². The highest BCUT2D eigenvalue weighted by atomic mass is 35.5. The normalized spacial score (nSPS) is 11.3. The summed E-state index contributed by atoms with van der Waals surface area (Å²) in [6.45, 7) is 0. The minimum absolute atomic E-state index is 0.173. The Morgan fingerprint density at radius 3 is 2.38 bits per heavy atom. The monoisotopic (exact) mass is 318 g/mol. The Morgan fingerprint density at radius 1 is 1.10 bits per heavy atom. The molecular weight excluding hydrogens is 309 g/mol. The van der Waals surface area contributed by atoms with E-state index in [0.29, 0.717) is 0 Å². The number of hydrogen-bond donors (Lipinski definition) is 0. The number of anilines is 1. The molecule has 0 unspecified atom stereocenters. The second-order valence-electron chi connectivity index (χ2n) is 4.18. The lowest BCUT2D eigenvalue weighted by molar-refractivity contribution is -0.138. The Morgan fingerprint density at radius 2 is 1.76 bits per heavy atom. The van der Waals surface area contributed by atoms with Gasteiger partial charge in [-0.05, 0) is 23.7 Å². The van der Waals surface area contributed by atoms with Crippen LogP contribution in [0.25, 0.3) is 0 Å². The lowest BCUT2D eigenvalue weighted by Gasteiger charge is -2.14. The summed E-state index contributed by atoms with van der Waals surface area (Å²) in [5, 5.41) is -0.173. The molecule has 1 aromatic heterocycles. The quantitative estimate of drug-likeness (QED) is 0.868. The molecule has 0 spiro atoms. The van der Waals surface area contributed by atoms with Gasteiger partial charge >= 0.3 is 12.2 Å². The van der Waals surface area contributed by atoms with Crippen molar-refractivity contribution in [1.29, 1.82) is 0 Å². The Balaban J connectivity index is 2.39. The molecule has 0 radical (unpaired) electrons. The summed E-state index contributed by atoms with van der Waals surface area (Å²) in [5.74, 6) is -0.230. The first kappa shape index (κ1) is 15.3. The molecule has 2 rings (SSSR count). The molecule has 0 aliphatic carbocycles. The number of aromatic nitrogens is 3. The van der Waals surface area contributed by atoms with Gasteiger partial charge in [-0.3, -0.25) is 0 Å². The van der Waals surface area contributed by atoms with E-state index in [2.05, 4.69) is 15.0 Å². The summed E-state index contributed by atoms with van der Waals surface area (Å²) in [6.07, 6.45) is -4.54. The molecule has 0 N–H and O–H groups in total. The third kappa shape index (κ3) is 3.72. The van der Waals surface area contributed by atoms with Crippen LogP contribution in [0.1, 0.15) is 5.56 Å². The van der Waals surface area contributed by atoms with Crippen molar-refractivity contribution in [1.82, 2.24) is 15.0 Å². The first-order valence-corrected chi connectivity index (χ1v) is 6.08. The third-order valence-electron chi connectivity index (χ3n) is 2.37. The predicted octanol–water partition coefficient (Wildman–Crippen LogP) is 3.40. The molecule has 0 amide bonds. The number of ether oxygens (including phenoxy) is 1. The van der Waals surface area contributed by atoms with Crippen LogP contribution in [0.2, 0.25) is 5.28 Å². The molecule has 0 saturated carbocycles. The van der Waals surface area contributed by atoms with E-state index in [1.165, 1.54) is 23.1 Å². The molecule has 1 heterocycles. The maximum Gasteiger partial charge on any atom is 0.419 e. The fraction of sp³-hybridized carbons (Fsp3) is 0.250. The minimum atomic E-state index is -4.54. The molecule has 0 aliphatic rings. The number of rotatable bonds is 3. The first-order chi connectivity index (χ1) is 9.77. The highest BCUT2D eigenvalue weighted by Crippen LogP contribution is 2.37. The molecule has 9 heteroatoms. The maximum absolute atomic E-state index is 12.9. The number of nitrogens with zero attached hydrogens (tertiary/aromatic N) is 4. The van der Waals surface area contributed by atoms with E-state index < -0.39 is 17.5 Å². The summed E-state index contributed by atoms with van der Waals surface area (Å²) in [7, 11) is 3.30. The summed E-state index contributed by atoms with van der Waals surface area (Å²) in [5.41, 5.74) is -0.923. The largest absolute Gasteiger partial charge is 0.424 e. The molecule has 2 aromatic rings. The standard InChI is InChI=1S/C12H10ClF3N4O/c1-20(2)10-17-9(13)18-11(19-10)21-8-6-4-3-5-7(8)12(14,15)16/h3-6H,1-2H3. The Hall–Kier alpha value is -2.09. The van der Waals surface area contributed by atoms with Crippen LogP contribution in [0.5, 0.6) is 11.8 Å². The third-order valence-corrected chi connectivity index (χ3v) is 2.54. The van der Waals surface area contributed by atoms with Gasteiger partial charge in [0.1, 0.15) is 5.75 Å². The first-order valence-electron chi connectivity index (χ1n) is 5.70. The summed E-state index contributed by atoms with van der Waals surface area (Å²) < 4.78 is 43.7. The van der Waals surface area contributed by atoms with Gasteiger partial charge in [-0.15, -0.1) is 0 Å². The summed E-state index contributed by atoms with van der Waals surface area (Å²) in [6, 6.07) is 4.46. The fourth-order valence-electron chi connectivity index (χ4n) is 1.46. The highest BCUT2D eigenvalue weighted by Gasteiger charge is 2.34. The molecular formula is C12H10ClF3N4O. The van der Waals surface area contributed by atoms with Crippen LogP contribution in [-0.2, 0) is 6.18 Å². The molecule has 1 aromatic carbocycles. The lowest BCUT2D eigenvalue weighted by Crippen LogP contribution is -2.14. The van der Waals surface area contributed by atoms with Gasteiger partial charge in [-0.25, -0.2) is 0 Å². The van der Waals surface area contributed by atoms with Crippen molar-refractivity contribution < 1.29 is 17.9 Å². The van der Waals surface area contributed by atoms with Crippen LogP contribution in [0.3, 0.4) is 0 Å². The molecule has 0 saturated heterocycles. The number of para-hydroxylation sites is 1. The van der Waals surface area contributed by atoms with E-state index in [1.807, 2.05) is 0 Å². The van der Waals surface area contributed by atoms with Crippen LogP contribution >= 0.6 is 11.6 Å². The van der Waals surface area contributed by atoms with E-state index in [0.717, 1.165) is 6.07 Å². The van der Waals surface area contributed by atoms with Gasteiger partial charge in [0.2, 0.25) is 11.2 Å².